The van der Waals surface area contributed by atoms with E-state index < -0.39 is 38.5 Å². The topological polar surface area (TPSA) is 127 Å². The van der Waals surface area contributed by atoms with Crippen molar-refractivity contribution in [2.24, 2.45) is 0 Å². The highest BCUT2D eigenvalue weighted by molar-refractivity contribution is 7.90. The zero-order chi connectivity index (χ0) is 32.3. The van der Waals surface area contributed by atoms with Gasteiger partial charge in [0.1, 0.15) is 5.75 Å². The molecule has 1 aliphatic heterocycles. The number of rotatable bonds is 7. The Hall–Kier alpha value is -3.86. The normalized spacial score (nSPS) is 21.5. The lowest BCUT2D eigenvalue weighted by molar-refractivity contribution is -0.144. The van der Waals surface area contributed by atoms with Gasteiger partial charge in [-0.2, -0.15) is 0 Å². The minimum Gasteiger partial charge on any atom is -0.497 e. The average Bonchev–Trinajstić information content (AvgIpc) is 3.66. The number of carbonyl (C=O) groups is 3. The highest BCUT2D eigenvalue weighted by Crippen LogP contribution is 2.59. The van der Waals surface area contributed by atoms with Crippen molar-refractivity contribution < 1.29 is 27.5 Å². The van der Waals surface area contributed by atoms with Gasteiger partial charge >= 0.3 is 11.8 Å². The Balaban J connectivity index is 1.55. The second-order valence-electron chi connectivity index (χ2n) is 13.1. The SMILES string of the molecule is CCC(C)S(=O)(=O)NC(=O)c1ccc2c(C3CCCCC3)c3n(c2c1)CC1(NC(=O)C(=O)N(C)C)CC1c1cc(OC)ccc1-3. The van der Waals surface area contributed by atoms with E-state index >= 15 is 0 Å². The fraction of sp³-hybridized carbons (Fsp3) is 0.500. The number of nitrogens with zero attached hydrogens (tertiary/aromatic N) is 2. The van der Waals surface area contributed by atoms with Crippen LogP contribution in [0.15, 0.2) is 36.4 Å². The molecule has 10 nitrogen and oxygen atoms in total. The van der Waals surface area contributed by atoms with Gasteiger partial charge in [0.2, 0.25) is 10.0 Å². The molecule has 2 N–H and O–H groups in total. The number of benzene rings is 2. The molecule has 11 heteroatoms. The third-order valence-electron chi connectivity index (χ3n) is 10.1. The number of aromatic nitrogens is 1. The predicted octanol–water partition coefficient (Wildman–Crippen LogP) is 4.67. The molecule has 2 aromatic carbocycles. The maximum Gasteiger partial charge on any atom is 0.311 e. The number of likely N-dealkylation sites (N-methyl/N-ethyl adjacent to an activating group) is 1. The first-order valence-corrected chi connectivity index (χ1v) is 17.4. The number of nitrogens with one attached hydrogen (secondary N) is 2. The number of fused-ring (bicyclic) bond motifs is 7. The first-order valence-electron chi connectivity index (χ1n) is 15.8. The summed E-state index contributed by atoms with van der Waals surface area (Å²) in [6, 6.07) is 11.5. The molecule has 240 valence electrons. The van der Waals surface area contributed by atoms with Crippen molar-refractivity contribution in [2.75, 3.05) is 21.2 Å². The van der Waals surface area contributed by atoms with Crippen LogP contribution in [0, 0.1) is 0 Å². The minimum absolute atomic E-state index is 0.0391. The van der Waals surface area contributed by atoms with Gasteiger partial charge in [-0.15, -0.1) is 0 Å². The van der Waals surface area contributed by atoms with Gasteiger partial charge in [0, 0.05) is 48.6 Å². The lowest BCUT2D eigenvalue weighted by Gasteiger charge is -2.24. The summed E-state index contributed by atoms with van der Waals surface area (Å²) in [5, 5.41) is 3.41. The molecule has 2 fully saturated rings. The van der Waals surface area contributed by atoms with Crippen molar-refractivity contribution in [1.82, 2.24) is 19.5 Å². The van der Waals surface area contributed by atoms with E-state index in [1.54, 1.807) is 47.2 Å². The van der Waals surface area contributed by atoms with E-state index in [1.807, 2.05) is 18.2 Å². The summed E-state index contributed by atoms with van der Waals surface area (Å²) in [7, 11) is 0.908. The molecule has 3 amide bonds. The molecule has 45 heavy (non-hydrogen) atoms. The molecule has 3 unspecified atom stereocenters. The van der Waals surface area contributed by atoms with Gasteiger partial charge in [0.15, 0.2) is 0 Å². The molecule has 0 saturated heterocycles. The van der Waals surface area contributed by atoms with E-state index in [-0.39, 0.29) is 11.5 Å². The number of methoxy groups -OCH3 is 1. The third kappa shape index (κ3) is 5.38. The van der Waals surface area contributed by atoms with E-state index in [2.05, 4.69) is 20.7 Å². The van der Waals surface area contributed by atoms with Gasteiger partial charge < -0.3 is 19.5 Å². The summed E-state index contributed by atoms with van der Waals surface area (Å²) in [5.74, 6) is -0.956. The summed E-state index contributed by atoms with van der Waals surface area (Å²) in [6.45, 7) is 3.74. The molecule has 0 bridgehead atoms. The largest absolute Gasteiger partial charge is 0.497 e. The van der Waals surface area contributed by atoms with Crippen molar-refractivity contribution in [3.05, 3.63) is 53.1 Å². The van der Waals surface area contributed by atoms with Crippen LogP contribution in [0.5, 0.6) is 5.75 Å². The Kier molecular flexibility index (Phi) is 7.95. The molecule has 0 spiro atoms. The molecule has 2 heterocycles. The molecule has 0 radical (unpaired) electrons. The third-order valence-corrected chi connectivity index (χ3v) is 11.9. The van der Waals surface area contributed by atoms with Crippen molar-refractivity contribution >= 4 is 38.6 Å². The fourth-order valence-electron chi connectivity index (χ4n) is 7.29. The summed E-state index contributed by atoms with van der Waals surface area (Å²) in [5.41, 5.74) is 4.72. The highest BCUT2D eigenvalue weighted by atomic mass is 32.2. The molecule has 2 aliphatic carbocycles. The first kappa shape index (κ1) is 31.1. The Morgan fingerprint density at radius 2 is 1.82 bits per heavy atom. The number of hydrogen-bond acceptors (Lipinski definition) is 6. The summed E-state index contributed by atoms with van der Waals surface area (Å²) >= 11 is 0. The molecular formula is C34H42N4O6S. The average molecular weight is 635 g/mol. The summed E-state index contributed by atoms with van der Waals surface area (Å²) in [4.78, 5) is 40.5. The van der Waals surface area contributed by atoms with Crippen LogP contribution in [0.3, 0.4) is 0 Å². The van der Waals surface area contributed by atoms with Crippen LogP contribution in [0.4, 0.5) is 0 Å². The van der Waals surface area contributed by atoms with Crippen LogP contribution in [0.1, 0.15) is 92.1 Å². The summed E-state index contributed by atoms with van der Waals surface area (Å²) in [6.07, 6.45) is 6.60. The van der Waals surface area contributed by atoms with Crippen molar-refractivity contribution in [3.63, 3.8) is 0 Å². The van der Waals surface area contributed by atoms with Crippen LogP contribution >= 0.6 is 0 Å². The van der Waals surface area contributed by atoms with Gasteiger partial charge in [0.25, 0.3) is 5.91 Å². The minimum atomic E-state index is -3.83. The second kappa shape index (κ2) is 11.5. The highest BCUT2D eigenvalue weighted by Gasteiger charge is 2.59. The first-order chi connectivity index (χ1) is 21.4. The number of sulfonamides is 1. The van der Waals surface area contributed by atoms with Crippen LogP contribution in [-0.4, -0.2) is 67.6 Å². The van der Waals surface area contributed by atoms with Crippen LogP contribution in [0.25, 0.3) is 22.2 Å². The lowest BCUT2D eigenvalue weighted by Crippen LogP contribution is -2.47. The van der Waals surface area contributed by atoms with Crippen molar-refractivity contribution in [1.29, 1.82) is 0 Å². The Bertz CT molecular complexity index is 1810. The molecule has 3 aromatic rings. The van der Waals surface area contributed by atoms with E-state index in [9.17, 15) is 22.8 Å². The fourth-order valence-corrected chi connectivity index (χ4v) is 8.30. The zero-order valence-electron chi connectivity index (χ0n) is 26.6. The summed E-state index contributed by atoms with van der Waals surface area (Å²) < 4.78 is 35.6. The Morgan fingerprint density at radius 1 is 1.09 bits per heavy atom. The zero-order valence-corrected chi connectivity index (χ0v) is 27.4. The number of hydrogen-bond donors (Lipinski definition) is 2. The van der Waals surface area contributed by atoms with Gasteiger partial charge in [-0.3, -0.25) is 14.4 Å². The lowest BCUT2D eigenvalue weighted by atomic mass is 9.81. The quantitative estimate of drug-likeness (QED) is 0.364. The van der Waals surface area contributed by atoms with Crippen molar-refractivity contribution in [2.45, 2.75) is 88.0 Å². The molecule has 3 aliphatic rings. The van der Waals surface area contributed by atoms with Gasteiger partial charge in [0.05, 0.1) is 23.6 Å². The number of ether oxygens (including phenoxy) is 1. The van der Waals surface area contributed by atoms with Gasteiger partial charge in [-0.1, -0.05) is 32.3 Å². The maximum atomic E-state index is 13.3. The van der Waals surface area contributed by atoms with E-state index in [0.717, 1.165) is 59.2 Å². The maximum absolute atomic E-state index is 13.3. The smallest absolute Gasteiger partial charge is 0.311 e. The predicted molar refractivity (Wildman–Crippen MR) is 173 cm³/mol. The molecule has 6 rings (SSSR count). The monoisotopic (exact) mass is 634 g/mol. The number of carbonyl (C=O) groups excluding carboxylic acids is 3. The van der Waals surface area contributed by atoms with Crippen molar-refractivity contribution in [3.8, 4) is 17.0 Å². The van der Waals surface area contributed by atoms with Gasteiger partial charge in [-0.05, 0) is 80.0 Å². The standard InChI is InChI=1S/C34H42N4O6S/c1-6-20(2)45(42,43)36-31(39)22-12-14-25-28(16-22)38-19-34(35-32(40)33(41)37(3)4)18-27(34)26-17-23(44-5)13-15-24(26)30(38)29(25)21-10-8-7-9-11-21/h12-17,20-21,27H,6-11,18-19H2,1-5H3,(H,35,40)(H,36,39). The van der Waals surface area contributed by atoms with Crippen LogP contribution in [0.2, 0.25) is 0 Å². The van der Waals surface area contributed by atoms with E-state index in [1.165, 1.54) is 16.9 Å². The molecule has 1 aromatic heterocycles. The second-order valence-corrected chi connectivity index (χ2v) is 15.2. The van der Waals surface area contributed by atoms with E-state index in [0.29, 0.717) is 25.3 Å². The van der Waals surface area contributed by atoms with Gasteiger partial charge in [-0.25, -0.2) is 13.1 Å². The molecule has 3 atom stereocenters. The number of amides is 3. The molecule has 2 saturated carbocycles. The Labute approximate surface area is 264 Å². The Morgan fingerprint density at radius 3 is 2.49 bits per heavy atom. The molecular weight excluding hydrogens is 592 g/mol. The van der Waals surface area contributed by atoms with Crippen LogP contribution < -0.4 is 14.8 Å². The van der Waals surface area contributed by atoms with E-state index in [4.69, 9.17) is 4.74 Å². The van der Waals surface area contributed by atoms with Crippen LogP contribution in [-0.2, 0) is 26.2 Å².